The van der Waals surface area contributed by atoms with Gasteiger partial charge in [-0.2, -0.15) is 0 Å². The third kappa shape index (κ3) is 6.35. The molecular formula is C31H33N3O8S. The van der Waals surface area contributed by atoms with Crippen LogP contribution in [-0.2, 0) is 19.1 Å². The molecule has 11 nitrogen and oxygen atoms in total. The molecule has 0 radical (unpaired) electrons. The number of morpholine rings is 1. The first-order chi connectivity index (χ1) is 20.8. The molecule has 1 atom stereocenters. The summed E-state index contributed by atoms with van der Waals surface area (Å²) >= 11 is 1.23. The second-order valence-electron chi connectivity index (χ2n) is 9.77. The van der Waals surface area contributed by atoms with E-state index in [1.54, 1.807) is 62.3 Å². The average Bonchev–Trinajstić information content (AvgIpc) is 3.33. The third-order valence-electron chi connectivity index (χ3n) is 7.14. The van der Waals surface area contributed by atoms with Crippen LogP contribution in [0.4, 0.5) is 0 Å². The fourth-order valence-electron chi connectivity index (χ4n) is 4.99. The summed E-state index contributed by atoms with van der Waals surface area (Å²) < 4.78 is 29.2. The Kier molecular flexibility index (Phi) is 9.27. The number of esters is 1. The van der Waals surface area contributed by atoms with E-state index in [2.05, 4.69) is 4.99 Å². The van der Waals surface area contributed by atoms with Crippen molar-refractivity contribution >= 4 is 29.3 Å². The lowest BCUT2D eigenvalue weighted by Gasteiger charge is -2.26. The predicted octanol–water partition coefficient (Wildman–Crippen LogP) is 2.05. The first-order valence-electron chi connectivity index (χ1n) is 13.8. The molecule has 2 aliphatic heterocycles. The summed E-state index contributed by atoms with van der Waals surface area (Å²) in [6, 6.07) is 11.6. The quantitative estimate of drug-likeness (QED) is 0.340. The van der Waals surface area contributed by atoms with Crippen molar-refractivity contribution in [1.29, 1.82) is 0 Å². The van der Waals surface area contributed by atoms with Crippen molar-refractivity contribution in [2.75, 3.05) is 53.7 Å². The summed E-state index contributed by atoms with van der Waals surface area (Å²) in [5.41, 5.74) is 1.87. The second kappa shape index (κ2) is 13.3. The first kappa shape index (κ1) is 30.1. The zero-order valence-electron chi connectivity index (χ0n) is 24.5. The van der Waals surface area contributed by atoms with Gasteiger partial charge in [-0.1, -0.05) is 29.5 Å². The van der Waals surface area contributed by atoms with Crippen LogP contribution in [0.5, 0.6) is 17.2 Å². The van der Waals surface area contributed by atoms with Gasteiger partial charge in [-0.3, -0.25) is 14.2 Å². The average molecular weight is 608 g/mol. The van der Waals surface area contributed by atoms with E-state index in [1.165, 1.54) is 23.0 Å². The molecule has 1 amide bonds. The molecular weight excluding hydrogens is 574 g/mol. The number of ether oxygens (including phenoxy) is 5. The number of thiazole rings is 1. The lowest BCUT2D eigenvalue weighted by atomic mass is 9.95. The maximum Gasteiger partial charge on any atom is 0.338 e. The lowest BCUT2D eigenvalue weighted by molar-refractivity contribution is -0.139. The summed E-state index contributed by atoms with van der Waals surface area (Å²) in [7, 11) is 3.07. The molecule has 2 aromatic carbocycles. The van der Waals surface area contributed by atoms with Gasteiger partial charge in [-0.15, -0.1) is 0 Å². The van der Waals surface area contributed by atoms with Gasteiger partial charge >= 0.3 is 5.97 Å². The molecule has 3 heterocycles. The molecule has 3 aromatic rings. The van der Waals surface area contributed by atoms with Crippen molar-refractivity contribution in [3.63, 3.8) is 0 Å². The third-order valence-corrected chi connectivity index (χ3v) is 8.13. The van der Waals surface area contributed by atoms with Crippen molar-refractivity contribution in [3.05, 3.63) is 84.5 Å². The van der Waals surface area contributed by atoms with E-state index in [4.69, 9.17) is 23.7 Å². The van der Waals surface area contributed by atoms with E-state index < -0.39 is 12.0 Å². The minimum Gasteiger partial charge on any atom is -0.493 e. The van der Waals surface area contributed by atoms with Crippen LogP contribution in [0.25, 0.3) is 6.08 Å². The number of benzene rings is 2. The summed E-state index contributed by atoms with van der Waals surface area (Å²) in [5.74, 6) is 0.905. The summed E-state index contributed by atoms with van der Waals surface area (Å²) in [6.07, 6.45) is 1.77. The number of carbonyl (C=O) groups excluding carboxylic acids is 2. The van der Waals surface area contributed by atoms with E-state index in [1.807, 2.05) is 12.1 Å². The SMILES string of the molecule is CCOC(=O)C1=C(C)N=c2s/c(=C/c3ccc(OCC(=O)N4CCOCC4)cc3)c(=O)n2[C@H]1c1ccc(OC)c(OC)c1. The molecule has 0 unspecified atom stereocenters. The highest BCUT2D eigenvalue weighted by atomic mass is 32.1. The van der Waals surface area contributed by atoms with Gasteiger partial charge in [0.1, 0.15) is 5.75 Å². The van der Waals surface area contributed by atoms with E-state index in [9.17, 15) is 14.4 Å². The molecule has 1 aromatic heterocycles. The highest BCUT2D eigenvalue weighted by molar-refractivity contribution is 7.07. The molecule has 226 valence electrons. The van der Waals surface area contributed by atoms with Crippen LogP contribution in [-0.4, -0.2) is 75.1 Å². The molecule has 5 rings (SSSR count). The summed E-state index contributed by atoms with van der Waals surface area (Å²) in [5, 5.41) is 0. The Labute approximate surface area is 252 Å². The number of rotatable bonds is 9. The minimum absolute atomic E-state index is 0.0593. The van der Waals surface area contributed by atoms with Crippen LogP contribution in [0.1, 0.15) is 31.0 Å². The van der Waals surface area contributed by atoms with Crippen molar-refractivity contribution in [3.8, 4) is 17.2 Å². The maximum atomic E-state index is 13.9. The molecule has 0 spiro atoms. The zero-order valence-corrected chi connectivity index (χ0v) is 25.3. The Morgan fingerprint density at radius 1 is 1.07 bits per heavy atom. The number of fused-ring (bicyclic) bond motifs is 1. The molecule has 0 N–H and O–H groups in total. The number of aromatic nitrogens is 1. The van der Waals surface area contributed by atoms with E-state index in [0.29, 0.717) is 64.1 Å². The van der Waals surface area contributed by atoms with E-state index >= 15 is 0 Å². The molecule has 12 heteroatoms. The molecule has 1 fully saturated rings. The van der Waals surface area contributed by atoms with Gasteiger partial charge in [-0.25, -0.2) is 9.79 Å². The number of methoxy groups -OCH3 is 2. The number of amides is 1. The van der Waals surface area contributed by atoms with Crippen molar-refractivity contribution in [2.45, 2.75) is 19.9 Å². The molecule has 0 aliphatic carbocycles. The van der Waals surface area contributed by atoms with Crippen LogP contribution < -0.4 is 29.1 Å². The zero-order chi connectivity index (χ0) is 30.5. The fraction of sp³-hybridized carbons (Fsp3) is 0.355. The summed E-state index contributed by atoms with van der Waals surface area (Å²) in [6.45, 7) is 5.77. The van der Waals surface area contributed by atoms with Crippen molar-refractivity contribution in [1.82, 2.24) is 9.47 Å². The fourth-order valence-corrected chi connectivity index (χ4v) is 6.04. The van der Waals surface area contributed by atoms with Crippen LogP contribution in [0.15, 0.2) is 63.5 Å². The van der Waals surface area contributed by atoms with Gasteiger partial charge in [0.15, 0.2) is 22.9 Å². The second-order valence-corrected chi connectivity index (χ2v) is 10.8. The number of nitrogens with zero attached hydrogens (tertiary/aromatic N) is 3. The van der Waals surface area contributed by atoms with Gasteiger partial charge in [-0.05, 0) is 55.3 Å². The molecule has 1 saturated heterocycles. The van der Waals surface area contributed by atoms with Crippen LogP contribution in [0.2, 0.25) is 0 Å². The Hall–Kier alpha value is -4.42. The Morgan fingerprint density at radius 3 is 2.47 bits per heavy atom. The molecule has 0 bridgehead atoms. The highest BCUT2D eigenvalue weighted by Crippen LogP contribution is 2.36. The molecule has 43 heavy (non-hydrogen) atoms. The Morgan fingerprint density at radius 2 is 1.79 bits per heavy atom. The maximum absolute atomic E-state index is 13.9. The standard InChI is InChI=1S/C31H33N3O8S/c1-5-41-30(37)27-19(2)32-31-34(28(27)21-8-11-23(38-3)24(17-21)39-4)29(36)25(43-31)16-20-6-9-22(10-7-20)42-18-26(35)33-12-14-40-15-13-33/h6-11,16-17,28H,5,12-15,18H2,1-4H3/b25-16+/t28-/m0/s1. The van der Waals surface area contributed by atoms with Gasteiger partial charge in [0.25, 0.3) is 11.5 Å². The van der Waals surface area contributed by atoms with Gasteiger partial charge in [0, 0.05) is 13.1 Å². The number of hydrogen-bond donors (Lipinski definition) is 0. The van der Waals surface area contributed by atoms with Crippen LogP contribution in [0, 0.1) is 0 Å². The highest BCUT2D eigenvalue weighted by Gasteiger charge is 2.34. The molecule has 0 saturated carbocycles. The smallest absolute Gasteiger partial charge is 0.338 e. The van der Waals surface area contributed by atoms with Crippen molar-refractivity contribution < 1.29 is 33.3 Å². The first-order valence-corrected chi connectivity index (χ1v) is 14.7. The topological polar surface area (TPSA) is 118 Å². The number of hydrogen-bond acceptors (Lipinski definition) is 10. The largest absolute Gasteiger partial charge is 0.493 e. The van der Waals surface area contributed by atoms with Gasteiger partial charge in [0.2, 0.25) is 0 Å². The lowest BCUT2D eigenvalue weighted by Crippen LogP contribution is -2.42. The van der Waals surface area contributed by atoms with Gasteiger partial charge < -0.3 is 28.6 Å². The Bertz CT molecular complexity index is 1720. The van der Waals surface area contributed by atoms with E-state index in [-0.39, 0.29) is 30.3 Å². The number of allylic oxidation sites excluding steroid dienone is 1. The Balaban J connectivity index is 1.47. The normalized spacial score (nSPS) is 16.8. The minimum atomic E-state index is -0.781. The van der Waals surface area contributed by atoms with Crippen molar-refractivity contribution in [2.24, 2.45) is 4.99 Å². The number of carbonyl (C=O) groups is 2. The van der Waals surface area contributed by atoms with Crippen LogP contribution in [0.3, 0.4) is 0 Å². The predicted molar refractivity (Wildman–Crippen MR) is 159 cm³/mol. The van der Waals surface area contributed by atoms with Crippen LogP contribution >= 0.6 is 11.3 Å². The van der Waals surface area contributed by atoms with E-state index in [0.717, 1.165) is 5.56 Å². The summed E-state index contributed by atoms with van der Waals surface area (Å²) in [4.78, 5) is 46.2. The molecule has 2 aliphatic rings. The van der Waals surface area contributed by atoms with Gasteiger partial charge in [0.05, 0.1) is 55.9 Å². The monoisotopic (exact) mass is 607 g/mol.